The lowest BCUT2D eigenvalue weighted by Gasteiger charge is -2.26. The highest BCUT2D eigenvalue weighted by atomic mass is 16.5. The van der Waals surface area contributed by atoms with Crippen LogP contribution in [0.2, 0.25) is 0 Å². The first-order chi connectivity index (χ1) is 18.3. The number of aliphatic hydroxyl groups excluding tert-OH is 1. The van der Waals surface area contributed by atoms with Gasteiger partial charge in [0.1, 0.15) is 17.3 Å². The number of rotatable bonds is 9. The van der Waals surface area contributed by atoms with Gasteiger partial charge in [0.2, 0.25) is 0 Å². The third-order valence-corrected chi connectivity index (χ3v) is 6.70. The predicted molar refractivity (Wildman–Crippen MR) is 150 cm³/mol. The maximum Gasteiger partial charge on any atom is 0.300 e. The van der Waals surface area contributed by atoms with Crippen LogP contribution >= 0.6 is 0 Å². The van der Waals surface area contributed by atoms with Crippen molar-refractivity contribution in [2.24, 2.45) is 0 Å². The third-order valence-electron chi connectivity index (χ3n) is 6.70. The molecular formula is C32H35NO5. The Hall–Kier alpha value is -4.06. The van der Waals surface area contributed by atoms with E-state index in [1.165, 1.54) is 4.90 Å². The number of hydrogen-bond donors (Lipinski definition) is 1. The Bertz CT molecular complexity index is 1340. The van der Waals surface area contributed by atoms with E-state index in [2.05, 4.69) is 13.8 Å². The summed E-state index contributed by atoms with van der Waals surface area (Å²) in [6.45, 7) is 11.2. The Kier molecular flexibility index (Phi) is 8.20. The molecule has 1 N–H and O–H groups in total. The molecule has 1 saturated heterocycles. The summed E-state index contributed by atoms with van der Waals surface area (Å²) >= 11 is 0. The molecule has 1 aliphatic heterocycles. The predicted octanol–water partition coefficient (Wildman–Crippen LogP) is 6.93. The molecule has 1 atom stereocenters. The lowest BCUT2D eigenvalue weighted by molar-refractivity contribution is -0.132. The van der Waals surface area contributed by atoms with E-state index in [1.54, 1.807) is 42.5 Å². The number of benzene rings is 3. The zero-order chi connectivity index (χ0) is 27.4. The van der Waals surface area contributed by atoms with E-state index in [9.17, 15) is 14.7 Å². The molecule has 6 heteroatoms. The number of nitrogens with zero attached hydrogens (tertiary/aromatic N) is 1. The number of carbonyl (C=O) groups excluding carboxylic acids is 2. The van der Waals surface area contributed by atoms with Gasteiger partial charge in [-0.25, -0.2) is 0 Å². The van der Waals surface area contributed by atoms with Crippen molar-refractivity contribution >= 4 is 23.1 Å². The molecule has 1 heterocycles. The quantitative estimate of drug-likeness (QED) is 0.191. The summed E-state index contributed by atoms with van der Waals surface area (Å²) in [6.07, 6.45) is 0.881. The van der Waals surface area contributed by atoms with Gasteiger partial charge in [0.25, 0.3) is 11.7 Å². The number of anilines is 1. The minimum absolute atomic E-state index is 0.0582. The fraction of sp³-hybridized carbons (Fsp3) is 0.312. The summed E-state index contributed by atoms with van der Waals surface area (Å²) < 4.78 is 11.3. The molecule has 1 aliphatic rings. The molecule has 0 aliphatic carbocycles. The van der Waals surface area contributed by atoms with Crippen LogP contribution in [-0.4, -0.2) is 30.0 Å². The standard InChI is InChI=1S/C32H35NO5/c1-6-18-38-27-17-12-24(19-21(27)5)30(34)28-29(23-10-8-22(9-11-23)20(3)4)33(32(36)31(28)35)25-13-15-26(16-14-25)37-7-2/h8-17,19-20,29,34H,6-7,18H2,1-5H3/b30-28-. The van der Waals surface area contributed by atoms with Crippen LogP contribution in [0.1, 0.15) is 68.3 Å². The van der Waals surface area contributed by atoms with Crippen LogP contribution in [0.3, 0.4) is 0 Å². The smallest absolute Gasteiger partial charge is 0.300 e. The minimum atomic E-state index is -0.787. The second-order valence-electron chi connectivity index (χ2n) is 9.75. The van der Waals surface area contributed by atoms with Crippen molar-refractivity contribution in [3.05, 3.63) is 94.6 Å². The van der Waals surface area contributed by atoms with Gasteiger partial charge in [0.05, 0.1) is 24.8 Å². The summed E-state index contributed by atoms with van der Waals surface area (Å²) in [5.74, 6) is 0.106. The molecular weight excluding hydrogens is 478 g/mol. The van der Waals surface area contributed by atoms with Crippen LogP contribution in [0.5, 0.6) is 11.5 Å². The molecule has 4 rings (SSSR count). The van der Waals surface area contributed by atoms with E-state index in [1.807, 2.05) is 45.0 Å². The van der Waals surface area contributed by atoms with Crippen LogP contribution in [0.15, 0.2) is 72.3 Å². The number of hydrogen-bond acceptors (Lipinski definition) is 5. The molecule has 1 fully saturated rings. The summed E-state index contributed by atoms with van der Waals surface area (Å²) in [4.78, 5) is 28.4. The lowest BCUT2D eigenvalue weighted by Crippen LogP contribution is -2.29. The average Bonchev–Trinajstić information content (AvgIpc) is 3.18. The molecule has 0 aromatic heterocycles. The molecule has 3 aromatic carbocycles. The molecule has 1 amide bonds. The summed E-state index contributed by atoms with van der Waals surface area (Å²) in [7, 11) is 0. The van der Waals surface area contributed by atoms with Crippen LogP contribution < -0.4 is 14.4 Å². The van der Waals surface area contributed by atoms with Gasteiger partial charge in [-0.05, 0) is 85.3 Å². The van der Waals surface area contributed by atoms with Gasteiger partial charge >= 0.3 is 0 Å². The first-order valence-corrected chi connectivity index (χ1v) is 13.1. The Morgan fingerprint density at radius 1 is 0.947 bits per heavy atom. The van der Waals surface area contributed by atoms with E-state index in [-0.39, 0.29) is 11.3 Å². The number of carbonyl (C=O) groups is 2. The number of ketones is 1. The maximum absolute atomic E-state index is 13.5. The molecule has 6 nitrogen and oxygen atoms in total. The van der Waals surface area contributed by atoms with Crippen molar-refractivity contribution in [3.8, 4) is 11.5 Å². The van der Waals surface area contributed by atoms with E-state index in [0.717, 1.165) is 28.9 Å². The second-order valence-corrected chi connectivity index (χ2v) is 9.75. The highest BCUT2D eigenvalue weighted by Gasteiger charge is 2.47. The molecule has 0 radical (unpaired) electrons. The topological polar surface area (TPSA) is 76.1 Å². The van der Waals surface area contributed by atoms with Crippen molar-refractivity contribution in [3.63, 3.8) is 0 Å². The van der Waals surface area contributed by atoms with Gasteiger partial charge in [-0.3, -0.25) is 14.5 Å². The molecule has 38 heavy (non-hydrogen) atoms. The van der Waals surface area contributed by atoms with Crippen molar-refractivity contribution in [2.75, 3.05) is 18.1 Å². The minimum Gasteiger partial charge on any atom is -0.507 e. The zero-order valence-corrected chi connectivity index (χ0v) is 22.7. The van der Waals surface area contributed by atoms with Crippen LogP contribution in [0.25, 0.3) is 5.76 Å². The van der Waals surface area contributed by atoms with Crippen molar-refractivity contribution in [2.45, 2.75) is 53.0 Å². The van der Waals surface area contributed by atoms with E-state index in [0.29, 0.717) is 36.1 Å². The molecule has 0 bridgehead atoms. The Labute approximate surface area is 224 Å². The second kappa shape index (κ2) is 11.5. The highest BCUT2D eigenvalue weighted by Crippen LogP contribution is 2.43. The number of Topliss-reactive ketones (excluding diaryl/α,β-unsaturated/α-hetero) is 1. The summed E-state index contributed by atoms with van der Waals surface area (Å²) in [5, 5.41) is 11.5. The van der Waals surface area contributed by atoms with E-state index < -0.39 is 17.7 Å². The van der Waals surface area contributed by atoms with E-state index >= 15 is 0 Å². The van der Waals surface area contributed by atoms with E-state index in [4.69, 9.17) is 9.47 Å². The lowest BCUT2D eigenvalue weighted by atomic mass is 9.92. The molecule has 0 spiro atoms. The third kappa shape index (κ3) is 5.30. The van der Waals surface area contributed by atoms with Crippen molar-refractivity contribution in [1.29, 1.82) is 0 Å². The number of ether oxygens (including phenoxy) is 2. The number of amides is 1. The first-order valence-electron chi connectivity index (χ1n) is 13.1. The Balaban J connectivity index is 1.84. The van der Waals surface area contributed by atoms with Gasteiger partial charge in [-0.15, -0.1) is 0 Å². The summed E-state index contributed by atoms with van der Waals surface area (Å²) in [6, 6.07) is 19.4. The largest absolute Gasteiger partial charge is 0.507 e. The van der Waals surface area contributed by atoms with Crippen molar-refractivity contribution < 1.29 is 24.2 Å². The zero-order valence-electron chi connectivity index (χ0n) is 22.7. The number of aryl methyl sites for hydroxylation is 1. The van der Waals surface area contributed by atoms with Gasteiger partial charge in [0.15, 0.2) is 0 Å². The van der Waals surface area contributed by atoms with Gasteiger partial charge in [-0.1, -0.05) is 45.0 Å². The Morgan fingerprint density at radius 3 is 2.21 bits per heavy atom. The monoisotopic (exact) mass is 513 g/mol. The summed E-state index contributed by atoms with van der Waals surface area (Å²) in [5.41, 5.74) is 3.78. The molecule has 3 aromatic rings. The van der Waals surface area contributed by atoms with Crippen molar-refractivity contribution in [1.82, 2.24) is 0 Å². The van der Waals surface area contributed by atoms with Gasteiger partial charge in [-0.2, -0.15) is 0 Å². The van der Waals surface area contributed by atoms with Gasteiger partial charge < -0.3 is 14.6 Å². The average molecular weight is 514 g/mol. The fourth-order valence-electron chi connectivity index (χ4n) is 4.67. The van der Waals surface area contributed by atoms with Crippen LogP contribution in [-0.2, 0) is 9.59 Å². The maximum atomic E-state index is 13.5. The first kappa shape index (κ1) is 27.0. The fourth-order valence-corrected chi connectivity index (χ4v) is 4.67. The normalized spacial score (nSPS) is 16.8. The number of aliphatic hydroxyl groups is 1. The molecule has 0 saturated carbocycles. The SMILES string of the molecule is CCCOc1ccc(/C(O)=C2/C(=O)C(=O)N(c3ccc(OCC)cc3)C2c2ccc(C(C)C)cc2)cc1C. The van der Waals surface area contributed by atoms with Gasteiger partial charge in [0, 0.05) is 11.3 Å². The Morgan fingerprint density at radius 2 is 1.63 bits per heavy atom. The highest BCUT2D eigenvalue weighted by molar-refractivity contribution is 6.51. The molecule has 1 unspecified atom stereocenters. The molecule has 198 valence electrons. The van der Waals surface area contributed by atoms with Crippen LogP contribution in [0.4, 0.5) is 5.69 Å². The van der Waals surface area contributed by atoms with Crippen LogP contribution in [0, 0.1) is 6.92 Å².